The molecule has 0 aliphatic rings. The number of pyridine rings is 1. The second kappa shape index (κ2) is 6.01. The zero-order chi connectivity index (χ0) is 15.4. The van der Waals surface area contributed by atoms with Crippen LogP contribution in [0.4, 0.5) is 10.1 Å². The Morgan fingerprint density at radius 3 is 2.71 bits per heavy atom. The van der Waals surface area contributed by atoms with Crippen molar-refractivity contribution in [1.29, 1.82) is 5.26 Å². The van der Waals surface area contributed by atoms with Gasteiger partial charge in [-0.25, -0.2) is 4.39 Å². The molecule has 0 fully saturated rings. The van der Waals surface area contributed by atoms with Gasteiger partial charge in [-0.3, -0.25) is 9.59 Å². The number of hydrogen-bond acceptors (Lipinski definition) is 3. The summed E-state index contributed by atoms with van der Waals surface area (Å²) in [6, 6.07) is 10.5. The number of nitrogens with zero attached hydrogens (tertiary/aromatic N) is 2. The first kappa shape index (κ1) is 14.5. The summed E-state index contributed by atoms with van der Waals surface area (Å²) in [5.74, 6) is -1.10. The molecule has 6 heteroatoms. The van der Waals surface area contributed by atoms with Gasteiger partial charge in [0.15, 0.2) is 0 Å². The summed E-state index contributed by atoms with van der Waals surface area (Å²) in [5.41, 5.74) is 0.00722. The van der Waals surface area contributed by atoms with Gasteiger partial charge in [0, 0.05) is 5.69 Å². The topological polar surface area (TPSA) is 74.9 Å². The lowest BCUT2D eigenvalue weighted by molar-refractivity contribution is -0.116. The molecule has 2 aromatic rings. The van der Waals surface area contributed by atoms with Crippen molar-refractivity contribution in [3.63, 3.8) is 0 Å². The van der Waals surface area contributed by atoms with E-state index in [1.165, 1.54) is 28.8 Å². The lowest BCUT2D eigenvalue weighted by Gasteiger charge is -2.11. The van der Waals surface area contributed by atoms with Crippen LogP contribution in [0.3, 0.4) is 0 Å². The summed E-state index contributed by atoms with van der Waals surface area (Å²) in [4.78, 5) is 23.9. The number of anilines is 1. The van der Waals surface area contributed by atoms with Gasteiger partial charge in [-0.05, 0) is 31.2 Å². The fourth-order valence-corrected chi connectivity index (χ4v) is 1.85. The Labute approximate surface area is 120 Å². The predicted molar refractivity (Wildman–Crippen MR) is 75.2 cm³/mol. The van der Waals surface area contributed by atoms with Gasteiger partial charge >= 0.3 is 0 Å². The molecule has 106 valence electrons. The number of halogens is 1. The Morgan fingerprint density at radius 2 is 2.05 bits per heavy atom. The zero-order valence-electron chi connectivity index (χ0n) is 11.3. The van der Waals surface area contributed by atoms with Crippen molar-refractivity contribution in [2.45, 2.75) is 13.5 Å². The van der Waals surface area contributed by atoms with Crippen molar-refractivity contribution in [3.8, 4) is 6.07 Å². The van der Waals surface area contributed by atoms with Crippen molar-refractivity contribution in [2.75, 3.05) is 5.32 Å². The highest BCUT2D eigenvalue weighted by atomic mass is 19.1. The molecule has 0 bridgehead atoms. The van der Waals surface area contributed by atoms with Gasteiger partial charge < -0.3 is 9.88 Å². The van der Waals surface area contributed by atoms with Crippen molar-refractivity contribution < 1.29 is 9.18 Å². The van der Waals surface area contributed by atoms with Gasteiger partial charge in [-0.1, -0.05) is 12.1 Å². The van der Waals surface area contributed by atoms with Crippen molar-refractivity contribution in [2.24, 2.45) is 0 Å². The fourth-order valence-electron chi connectivity index (χ4n) is 1.85. The Balaban J connectivity index is 2.24. The molecular weight excluding hydrogens is 273 g/mol. The first-order valence-electron chi connectivity index (χ1n) is 6.18. The average molecular weight is 285 g/mol. The third-order valence-corrected chi connectivity index (χ3v) is 2.96. The molecule has 0 aliphatic carbocycles. The quantitative estimate of drug-likeness (QED) is 0.934. The van der Waals surface area contributed by atoms with E-state index in [4.69, 9.17) is 5.26 Å². The Morgan fingerprint density at radius 1 is 1.33 bits per heavy atom. The van der Waals surface area contributed by atoms with Gasteiger partial charge in [0.2, 0.25) is 5.91 Å². The third kappa shape index (κ3) is 3.15. The van der Waals surface area contributed by atoms with Gasteiger partial charge in [0.25, 0.3) is 5.56 Å². The van der Waals surface area contributed by atoms with Gasteiger partial charge in [0.1, 0.15) is 24.0 Å². The summed E-state index contributed by atoms with van der Waals surface area (Å²) in [6.07, 6.45) is 0. The summed E-state index contributed by atoms with van der Waals surface area (Å²) >= 11 is 0. The van der Waals surface area contributed by atoms with Gasteiger partial charge in [-0.15, -0.1) is 0 Å². The van der Waals surface area contributed by atoms with Crippen molar-refractivity contribution in [1.82, 2.24) is 4.57 Å². The monoisotopic (exact) mass is 285 g/mol. The standard InChI is InChI=1S/C15H12FN3O2/c1-10-6-7-11(8-17)15(21)19(10)9-14(20)18-13-5-3-2-4-12(13)16/h2-7H,9H2,1H3,(H,18,20). The number of para-hydroxylation sites is 1. The number of benzene rings is 1. The van der Waals surface area contributed by atoms with Gasteiger partial charge in [0.05, 0.1) is 5.69 Å². The van der Waals surface area contributed by atoms with Crippen LogP contribution >= 0.6 is 0 Å². The molecule has 0 atom stereocenters. The minimum atomic E-state index is -0.555. The summed E-state index contributed by atoms with van der Waals surface area (Å²) in [7, 11) is 0. The van der Waals surface area contributed by atoms with Crippen molar-refractivity contribution in [3.05, 3.63) is 63.8 Å². The maximum Gasteiger partial charge on any atom is 0.269 e. The van der Waals surface area contributed by atoms with E-state index in [1.807, 2.05) is 0 Å². The maximum absolute atomic E-state index is 13.4. The molecule has 2 rings (SSSR count). The predicted octanol–water partition coefficient (Wildman–Crippen LogP) is 1.81. The number of carbonyl (C=O) groups excluding carboxylic acids is 1. The highest BCUT2D eigenvalue weighted by molar-refractivity contribution is 5.90. The number of nitrogens with one attached hydrogen (secondary N) is 1. The third-order valence-electron chi connectivity index (χ3n) is 2.96. The molecule has 1 N–H and O–H groups in total. The number of rotatable bonds is 3. The van der Waals surface area contributed by atoms with E-state index in [-0.39, 0.29) is 17.8 Å². The molecular formula is C15H12FN3O2. The van der Waals surface area contributed by atoms with Crippen LogP contribution in [0, 0.1) is 24.1 Å². The van der Waals surface area contributed by atoms with E-state index < -0.39 is 17.3 Å². The van der Waals surface area contributed by atoms with Crippen molar-refractivity contribution >= 4 is 11.6 Å². The highest BCUT2D eigenvalue weighted by Crippen LogP contribution is 2.12. The molecule has 0 radical (unpaired) electrons. The van der Waals surface area contributed by atoms with Crippen LogP contribution in [0.15, 0.2) is 41.2 Å². The molecule has 21 heavy (non-hydrogen) atoms. The van der Waals surface area contributed by atoms with Gasteiger partial charge in [-0.2, -0.15) is 5.26 Å². The molecule has 1 aromatic heterocycles. The molecule has 1 heterocycles. The van der Waals surface area contributed by atoms with Crippen LogP contribution in [-0.4, -0.2) is 10.5 Å². The van der Waals surface area contributed by atoms with E-state index in [9.17, 15) is 14.0 Å². The lowest BCUT2D eigenvalue weighted by atomic mass is 10.2. The molecule has 1 aromatic carbocycles. The van der Waals surface area contributed by atoms with Crippen LogP contribution in [-0.2, 0) is 11.3 Å². The highest BCUT2D eigenvalue weighted by Gasteiger charge is 2.11. The largest absolute Gasteiger partial charge is 0.322 e. The number of hydrogen-bond donors (Lipinski definition) is 1. The molecule has 0 saturated heterocycles. The molecule has 0 aliphatic heterocycles. The van der Waals surface area contributed by atoms with Crippen LogP contribution in [0.1, 0.15) is 11.3 Å². The van der Waals surface area contributed by atoms with E-state index in [0.717, 1.165) is 0 Å². The number of aryl methyl sites for hydroxylation is 1. The van der Waals surface area contributed by atoms with Crippen LogP contribution in [0.5, 0.6) is 0 Å². The van der Waals surface area contributed by atoms with Crippen LogP contribution < -0.4 is 10.9 Å². The minimum Gasteiger partial charge on any atom is -0.322 e. The number of nitriles is 1. The SMILES string of the molecule is Cc1ccc(C#N)c(=O)n1CC(=O)Nc1ccccc1F. The first-order valence-corrected chi connectivity index (χ1v) is 6.18. The molecule has 0 unspecified atom stereocenters. The minimum absolute atomic E-state index is 0.0423. The van der Waals surface area contributed by atoms with E-state index in [1.54, 1.807) is 25.1 Å². The van der Waals surface area contributed by atoms with E-state index in [2.05, 4.69) is 5.32 Å². The molecule has 5 nitrogen and oxygen atoms in total. The lowest BCUT2D eigenvalue weighted by Crippen LogP contribution is -2.30. The van der Waals surface area contributed by atoms with Crippen LogP contribution in [0.25, 0.3) is 0 Å². The Kier molecular flexibility index (Phi) is 4.14. The second-order valence-electron chi connectivity index (χ2n) is 4.42. The maximum atomic E-state index is 13.4. The van der Waals surface area contributed by atoms with E-state index >= 15 is 0 Å². The summed E-state index contributed by atoms with van der Waals surface area (Å²) in [5, 5.41) is 11.2. The fraction of sp³-hybridized carbons (Fsp3) is 0.133. The first-order chi connectivity index (χ1) is 10.0. The second-order valence-corrected chi connectivity index (χ2v) is 4.42. The number of amides is 1. The Hall–Kier alpha value is -2.94. The van der Waals surface area contributed by atoms with Crippen LogP contribution in [0.2, 0.25) is 0 Å². The Bertz CT molecular complexity index is 790. The van der Waals surface area contributed by atoms with E-state index in [0.29, 0.717) is 5.69 Å². The molecule has 0 spiro atoms. The normalized spacial score (nSPS) is 9.95. The smallest absolute Gasteiger partial charge is 0.269 e. The number of aromatic nitrogens is 1. The molecule has 1 amide bonds. The zero-order valence-corrected chi connectivity index (χ0v) is 11.3. The summed E-state index contributed by atoms with van der Waals surface area (Å²) < 4.78 is 14.6. The molecule has 0 saturated carbocycles. The number of carbonyl (C=O) groups is 1. The summed E-state index contributed by atoms with van der Waals surface area (Å²) in [6.45, 7) is 1.37. The average Bonchev–Trinajstić information content (AvgIpc) is 2.46.